The Morgan fingerprint density at radius 2 is 1.96 bits per heavy atom. The van der Waals surface area contributed by atoms with Crippen LogP contribution in [-0.4, -0.2) is 54.8 Å². The molecule has 0 fully saturated rings. The van der Waals surface area contributed by atoms with E-state index in [1.807, 2.05) is 27.7 Å². The second kappa shape index (κ2) is 11.6. The van der Waals surface area contributed by atoms with Crippen LogP contribution in [0.15, 0.2) is 17.1 Å². The normalized spacial score (nSPS) is 16.2. The van der Waals surface area contributed by atoms with Gasteiger partial charge in [-0.1, -0.05) is 12.2 Å². The van der Waals surface area contributed by atoms with Crippen LogP contribution >= 0.6 is 24.0 Å². The molecule has 7 heteroatoms. The third kappa shape index (κ3) is 9.91. The summed E-state index contributed by atoms with van der Waals surface area (Å²) >= 11 is 0. The number of halogens is 1. The van der Waals surface area contributed by atoms with E-state index in [9.17, 15) is 4.79 Å². The van der Waals surface area contributed by atoms with Crippen LogP contribution in [0.1, 0.15) is 53.9 Å². The molecule has 0 saturated heterocycles. The number of carbonyl (C=O) groups is 1. The van der Waals surface area contributed by atoms with Crippen LogP contribution in [0.3, 0.4) is 0 Å². The van der Waals surface area contributed by atoms with Crippen molar-refractivity contribution in [2.24, 2.45) is 4.99 Å². The molecule has 1 atom stereocenters. The predicted molar refractivity (Wildman–Crippen MR) is 115 cm³/mol. The van der Waals surface area contributed by atoms with Gasteiger partial charge in [0.05, 0.1) is 0 Å². The summed E-state index contributed by atoms with van der Waals surface area (Å²) in [7, 11) is 1.77. The minimum absolute atomic E-state index is 0. The third-order valence-electron chi connectivity index (χ3n) is 3.85. The lowest BCUT2D eigenvalue weighted by Crippen LogP contribution is -2.43. The number of carbonyl (C=O) groups excluding carboxylic acids is 1. The molecule has 1 aliphatic rings. The maximum absolute atomic E-state index is 12.1. The average molecular weight is 466 g/mol. The minimum atomic E-state index is -0.472. The van der Waals surface area contributed by atoms with Gasteiger partial charge in [-0.2, -0.15) is 0 Å². The monoisotopic (exact) mass is 466 g/mol. The summed E-state index contributed by atoms with van der Waals surface area (Å²) in [6.45, 7) is 11.2. The van der Waals surface area contributed by atoms with E-state index in [-0.39, 0.29) is 36.1 Å². The molecule has 0 spiro atoms. The van der Waals surface area contributed by atoms with Gasteiger partial charge in [0.15, 0.2) is 5.96 Å². The summed E-state index contributed by atoms with van der Waals surface area (Å²) in [4.78, 5) is 18.3. The van der Waals surface area contributed by atoms with E-state index in [1.165, 1.54) is 0 Å². The molecular weight excluding hydrogens is 431 g/mol. The fraction of sp³-hybridized carbons (Fsp3) is 0.778. The molecule has 1 rings (SSSR count). The fourth-order valence-electron chi connectivity index (χ4n) is 2.32. The maximum Gasteiger partial charge on any atom is 0.410 e. The minimum Gasteiger partial charge on any atom is -0.444 e. The number of ether oxygens (including phenoxy) is 1. The lowest BCUT2D eigenvalue weighted by molar-refractivity contribution is 0.0231. The second-order valence-electron chi connectivity index (χ2n) is 7.27. The zero-order valence-corrected chi connectivity index (χ0v) is 18.8. The molecule has 0 aromatic rings. The number of aliphatic imine (C=N–C) groups is 1. The SMILES string of the molecule is CCNC(=NCCC(C)N(C)C(=O)OC(C)(C)C)NC1CC=CC1.I. The Kier molecular flexibility index (Phi) is 11.1. The van der Waals surface area contributed by atoms with Crippen molar-refractivity contribution in [3.8, 4) is 0 Å². The van der Waals surface area contributed by atoms with Crippen molar-refractivity contribution in [2.45, 2.75) is 71.6 Å². The zero-order chi connectivity index (χ0) is 18.2. The van der Waals surface area contributed by atoms with Crippen molar-refractivity contribution >= 4 is 36.0 Å². The Morgan fingerprint density at radius 3 is 2.48 bits per heavy atom. The molecule has 1 unspecified atom stereocenters. The maximum atomic E-state index is 12.1. The molecule has 1 amide bonds. The smallest absolute Gasteiger partial charge is 0.410 e. The van der Waals surface area contributed by atoms with Crippen LogP contribution in [0.4, 0.5) is 4.79 Å². The number of rotatable bonds is 6. The summed E-state index contributed by atoms with van der Waals surface area (Å²) in [6, 6.07) is 0.504. The van der Waals surface area contributed by atoms with Crippen molar-refractivity contribution < 1.29 is 9.53 Å². The number of amides is 1. The predicted octanol–water partition coefficient (Wildman–Crippen LogP) is 3.52. The van der Waals surface area contributed by atoms with Gasteiger partial charge in [-0.05, 0) is 53.9 Å². The Labute approximate surface area is 169 Å². The highest BCUT2D eigenvalue weighted by Crippen LogP contribution is 2.12. The first-order chi connectivity index (χ1) is 11.2. The molecule has 0 aromatic carbocycles. The number of nitrogens with one attached hydrogen (secondary N) is 2. The van der Waals surface area contributed by atoms with E-state index < -0.39 is 5.60 Å². The number of nitrogens with zero attached hydrogens (tertiary/aromatic N) is 2. The molecule has 1 aliphatic carbocycles. The van der Waals surface area contributed by atoms with Gasteiger partial charge in [0.25, 0.3) is 0 Å². The van der Waals surface area contributed by atoms with Gasteiger partial charge in [0, 0.05) is 32.2 Å². The molecule has 0 bridgehead atoms. The van der Waals surface area contributed by atoms with Crippen molar-refractivity contribution in [2.75, 3.05) is 20.1 Å². The van der Waals surface area contributed by atoms with Crippen LogP contribution in [0.2, 0.25) is 0 Å². The Morgan fingerprint density at radius 1 is 1.36 bits per heavy atom. The van der Waals surface area contributed by atoms with Crippen molar-refractivity contribution in [1.82, 2.24) is 15.5 Å². The van der Waals surface area contributed by atoms with E-state index in [4.69, 9.17) is 4.74 Å². The molecule has 25 heavy (non-hydrogen) atoms. The van der Waals surface area contributed by atoms with Crippen molar-refractivity contribution in [3.05, 3.63) is 12.2 Å². The number of hydrogen-bond donors (Lipinski definition) is 2. The first-order valence-corrected chi connectivity index (χ1v) is 8.88. The topological polar surface area (TPSA) is 66.0 Å². The molecule has 146 valence electrons. The van der Waals surface area contributed by atoms with Gasteiger partial charge in [-0.3, -0.25) is 4.99 Å². The van der Waals surface area contributed by atoms with E-state index >= 15 is 0 Å². The summed E-state index contributed by atoms with van der Waals surface area (Å²) < 4.78 is 5.39. The van der Waals surface area contributed by atoms with Gasteiger partial charge in [0.1, 0.15) is 5.60 Å². The van der Waals surface area contributed by atoms with E-state index in [0.29, 0.717) is 12.6 Å². The van der Waals surface area contributed by atoms with E-state index in [0.717, 1.165) is 31.8 Å². The van der Waals surface area contributed by atoms with Crippen molar-refractivity contribution in [3.63, 3.8) is 0 Å². The van der Waals surface area contributed by atoms with Crippen LogP contribution in [0.5, 0.6) is 0 Å². The van der Waals surface area contributed by atoms with Crippen LogP contribution in [0, 0.1) is 0 Å². The van der Waals surface area contributed by atoms with Crippen molar-refractivity contribution in [1.29, 1.82) is 0 Å². The van der Waals surface area contributed by atoms with E-state index in [2.05, 4.69) is 34.7 Å². The summed E-state index contributed by atoms with van der Waals surface area (Å²) in [5.41, 5.74) is -0.472. The Hall–Kier alpha value is -0.990. The Balaban J connectivity index is 0.00000576. The molecule has 2 N–H and O–H groups in total. The van der Waals surface area contributed by atoms with E-state index in [1.54, 1.807) is 11.9 Å². The van der Waals surface area contributed by atoms with Crippen LogP contribution in [0.25, 0.3) is 0 Å². The number of guanidine groups is 1. The van der Waals surface area contributed by atoms with Gasteiger partial charge < -0.3 is 20.3 Å². The lowest BCUT2D eigenvalue weighted by atomic mass is 10.2. The molecular formula is C18H35IN4O2. The number of hydrogen-bond acceptors (Lipinski definition) is 3. The van der Waals surface area contributed by atoms with Gasteiger partial charge >= 0.3 is 6.09 Å². The highest BCUT2D eigenvalue weighted by atomic mass is 127. The molecule has 6 nitrogen and oxygen atoms in total. The van der Waals surface area contributed by atoms with Gasteiger partial charge in [0.2, 0.25) is 0 Å². The standard InChI is InChI=1S/C18H34N4O2.HI/c1-7-19-16(21-15-10-8-9-11-15)20-13-12-14(2)22(6)17(23)24-18(3,4)5;/h8-9,14-15H,7,10-13H2,1-6H3,(H2,19,20,21);1H. The zero-order valence-electron chi connectivity index (χ0n) is 16.5. The molecule has 0 aliphatic heterocycles. The first-order valence-electron chi connectivity index (χ1n) is 8.88. The second-order valence-corrected chi connectivity index (χ2v) is 7.27. The summed E-state index contributed by atoms with van der Waals surface area (Å²) in [5, 5.41) is 6.72. The average Bonchev–Trinajstić information content (AvgIpc) is 2.97. The summed E-state index contributed by atoms with van der Waals surface area (Å²) in [6.07, 6.45) is 6.97. The largest absolute Gasteiger partial charge is 0.444 e. The van der Waals surface area contributed by atoms with Gasteiger partial charge in [-0.15, -0.1) is 24.0 Å². The highest BCUT2D eigenvalue weighted by molar-refractivity contribution is 14.0. The Bertz CT molecular complexity index is 452. The third-order valence-corrected chi connectivity index (χ3v) is 3.85. The quantitative estimate of drug-likeness (QED) is 0.272. The highest BCUT2D eigenvalue weighted by Gasteiger charge is 2.22. The van der Waals surface area contributed by atoms with Crippen LogP contribution < -0.4 is 10.6 Å². The summed E-state index contributed by atoms with van der Waals surface area (Å²) in [5.74, 6) is 0.846. The van der Waals surface area contributed by atoms with Crippen LogP contribution in [-0.2, 0) is 4.74 Å². The van der Waals surface area contributed by atoms with Gasteiger partial charge in [-0.25, -0.2) is 4.79 Å². The lowest BCUT2D eigenvalue weighted by Gasteiger charge is -2.28. The molecule has 0 radical (unpaired) electrons. The molecule has 0 saturated carbocycles. The fourth-order valence-corrected chi connectivity index (χ4v) is 2.32. The first kappa shape index (κ1) is 24.0. The molecule has 0 heterocycles. The molecule has 0 aromatic heterocycles.